The van der Waals surface area contributed by atoms with E-state index in [9.17, 15) is 9.90 Å². The van der Waals surface area contributed by atoms with Gasteiger partial charge in [0, 0.05) is 17.8 Å². The molecular weight excluding hydrogens is 254 g/mol. The third-order valence-electron chi connectivity index (χ3n) is 2.88. The van der Waals surface area contributed by atoms with Crippen LogP contribution in [0, 0.1) is 0 Å². The van der Waals surface area contributed by atoms with Crippen molar-refractivity contribution in [3.8, 4) is 5.75 Å². The van der Waals surface area contributed by atoms with E-state index in [1.807, 2.05) is 24.3 Å². The number of nitrogens with one attached hydrogen (secondary N) is 1. The normalized spacial score (nSPS) is 10.4. The Morgan fingerprint density at radius 1 is 1.15 bits per heavy atom. The van der Waals surface area contributed by atoms with Crippen LogP contribution in [0.25, 0.3) is 10.9 Å². The zero-order chi connectivity index (χ0) is 13.9. The number of benzene rings is 1. The molecule has 2 N–H and O–H groups in total. The van der Waals surface area contributed by atoms with E-state index in [4.69, 9.17) is 0 Å². The molecule has 0 aliphatic heterocycles. The van der Waals surface area contributed by atoms with Crippen molar-refractivity contribution in [2.75, 3.05) is 5.32 Å². The summed E-state index contributed by atoms with van der Waals surface area (Å²) in [5.41, 5.74) is 1.77. The highest BCUT2D eigenvalue weighted by atomic mass is 16.3. The highest BCUT2D eigenvalue weighted by molar-refractivity contribution is 6.08. The van der Waals surface area contributed by atoms with E-state index in [1.54, 1.807) is 12.3 Å². The Bertz CT molecular complexity index is 781. The number of nitrogens with zero attached hydrogens (tertiary/aromatic N) is 2. The lowest BCUT2D eigenvalue weighted by Gasteiger charge is -2.08. The SMILES string of the molecule is O=C(Nc1cccc2ncccc12)c1cncc(O)c1. The third-order valence-corrected chi connectivity index (χ3v) is 2.88. The molecule has 0 aliphatic rings. The maximum absolute atomic E-state index is 12.1. The van der Waals surface area contributed by atoms with Crippen LogP contribution in [0.1, 0.15) is 10.4 Å². The maximum Gasteiger partial charge on any atom is 0.257 e. The second-order valence-corrected chi connectivity index (χ2v) is 4.26. The topological polar surface area (TPSA) is 75.1 Å². The second kappa shape index (κ2) is 4.97. The minimum atomic E-state index is -0.329. The molecule has 0 spiro atoms. The van der Waals surface area contributed by atoms with Crippen molar-refractivity contribution >= 4 is 22.5 Å². The van der Waals surface area contributed by atoms with Crippen LogP contribution >= 0.6 is 0 Å². The fourth-order valence-corrected chi connectivity index (χ4v) is 1.96. The molecule has 0 bridgehead atoms. The van der Waals surface area contributed by atoms with Crippen molar-refractivity contribution in [3.05, 3.63) is 60.6 Å². The van der Waals surface area contributed by atoms with Crippen LogP contribution in [0.5, 0.6) is 5.75 Å². The van der Waals surface area contributed by atoms with Crippen LogP contribution < -0.4 is 5.32 Å². The number of fused-ring (bicyclic) bond motifs is 1. The molecule has 1 aromatic carbocycles. The van der Waals surface area contributed by atoms with Gasteiger partial charge in [-0.05, 0) is 30.3 Å². The van der Waals surface area contributed by atoms with Gasteiger partial charge in [0.1, 0.15) is 5.75 Å². The van der Waals surface area contributed by atoms with Gasteiger partial charge in [0.2, 0.25) is 0 Å². The third kappa shape index (κ3) is 2.29. The first kappa shape index (κ1) is 12.1. The summed E-state index contributed by atoms with van der Waals surface area (Å²) in [6.07, 6.45) is 4.38. The van der Waals surface area contributed by atoms with Crippen molar-refractivity contribution in [1.29, 1.82) is 0 Å². The van der Waals surface area contributed by atoms with Gasteiger partial charge in [-0.3, -0.25) is 14.8 Å². The predicted molar refractivity (Wildman–Crippen MR) is 75.6 cm³/mol. The van der Waals surface area contributed by atoms with Gasteiger partial charge < -0.3 is 10.4 Å². The smallest absolute Gasteiger partial charge is 0.257 e. The summed E-state index contributed by atoms with van der Waals surface area (Å²) in [7, 11) is 0. The molecule has 0 radical (unpaired) electrons. The number of aromatic hydroxyl groups is 1. The fraction of sp³-hybridized carbons (Fsp3) is 0. The summed E-state index contributed by atoms with van der Waals surface area (Å²) in [5, 5.41) is 13.0. The highest BCUT2D eigenvalue weighted by Crippen LogP contribution is 2.22. The number of amides is 1. The lowest BCUT2D eigenvalue weighted by atomic mass is 10.1. The summed E-state index contributed by atoms with van der Waals surface area (Å²) in [6.45, 7) is 0. The van der Waals surface area contributed by atoms with E-state index in [0.29, 0.717) is 11.3 Å². The standard InChI is InChI=1S/C15H11N3O2/c19-11-7-10(8-16-9-11)15(20)18-14-5-1-4-13-12(14)3-2-6-17-13/h1-9,19H,(H,18,20). The molecule has 3 aromatic rings. The van der Waals surface area contributed by atoms with E-state index < -0.39 is 0 Å². The molecule has 2 aromatic heterocycles. The van der Waals surface area contributed by atoms with Gasteiger partial charge >= 0.3 is 0 Å². The van der Waals surface area contributed by atoms with E-state index in [2.05, 4.69) is 15.3 Å². The van der Waals surface area contributed by atoms with Gasteiger partial charge in [0.05, 0.1) is 23.0 Å². The molecule has 0 saturated carbocycles. The average Bonchev–Trinajstić information content (AvgIpc) is 2.47. The molecule has 0 saturated heterocycles. The van der Waals surface area contributed by atoms with Crippen LogP contribution in [0.4, 0.5) is 5.69 Å². The Balaban J connectivity index is 1.95. The van der Waals surface area contributed by atoms with Crippen molar-refractivity contribution < 1.29 is 9.90 Å². The lowest BCUT2D eigenvalue weighted by molar-refractivity contribution is 0.102. The van der Waals surface area contributed by atoms with E-state index in [-0.39, 0.29) is 11.7 Å². The summed E-state index contributed by atoms with van der Waals surface area (Å²) < 4.78 is 0. The second-order valence-electron chi connectivity index (χ2n) is 4.26. The van der Waals surface area contributed by atoms with E-state index in [0.717, 1.165) is 10.9 Å². The molecule has 20 heavy (non-hydrogen) atoms. The molecule has 2 heterocycles. The van der Waals surface area contributed by atoms with Crippen molar-refractivity contribution in [1.82, 2.24) is 9.97 Å². The molecule has 0 aliphatic carbocycles. The first-order chi connectivity index (χ1) is 9.74. The zero-order valence-corrected chi connectivity index (χ0v) is 10.4. The number of pyridine rings is 2. The first-order valence-electron chi connectivity index (χ1n) is 6.03. The molecule has 5 nitrogen and oxygen atoms in total. The van der Waals surface area contributed by atoms with Gasteiger partial charge in [0.15, 0.2) is 0 Å². The molecule has 1 amide bonds. The Morgan fingerprint density at radius 3 is 2.90 bits per heavy atom. The molecule has 98 valence electrons. The average molecular weight is 265 g/mol. The summed E-state index contributed by atoms with van der Waals surface area (Å²) >= 11 is 0. The molecule has 0 atom stereocenters. The van der Waals surface area contributed by atoms with Crippen LogP contribution in [0.3, 0.4) is 0 Å². The van der Waals surface area contributed by atoms with Crippen molar-refractivity contribution in [2.45, 2.75) is 0 Å². The van der Waals surface area contributed by atoms with Gasteiger partial charge in [-0.15, -0.1) is 0 Å². The van der Waals surface area contributed by atoms with Crippen molar-refractivity contribution in [2.24, 2.45) is 0 Å². The Kier molecular flexibility index (Phi) is 3.01. The van der Waals surface area contributed by atoms with Crippen LogP contribution in [-0.4, -0.2) is 21.0 Å². The molecular formula is C15H11N3O2. The monoisotopic (exact) mass is 265 g/mol. The number of anilines is 1. The predicted octanol–water partition coefficient (Wildman–Crippen LogP) is 2.59. The molecule has 0 unspecified atom stereocenters. The van der Waals surface area contributed by atoms with Crippen LogP contribution in [0.2, 0.25) is 0 Å². The molecule has 5 heteroatoms. The minimum absolute atomic E-state index is 0.0442. The van der Waals surface area contributed by atoms with E-state index in [1.165, 1.54) is 18.5 Å². The molecule has 0 fully saturated rings. The Morgan fingerprint density at radius 2 is 2.05 bits per heavy atom. The quantitative estimate of drug-likeness (QED) is 0.746. The van der Waals surface area contributed by atoms with E-state index >= 15 is 0 Å². The van der Waals surface area contributed by atoms with Crippen molar-refractivity contribution in [3.63, 3.8) is 0 Å². The summed E-state index contributed by atoms with van der Waals surface area (Å²) in [4.78, 5) is 20.1. The summed E-state index contributed by atoms with van der Waals surface area (Å²) in [6, 6.07) is 10.6. The van der Waals surface area contributed by atoms with Crippen LogP contribution in [0.15, 0.2) is 55.0 Å². The number of hydrogen-bond donors (Lipinski definition) is 2. The Labute approximate surface area is 114 Å². The number of rotatable bonds is 2. The number of carbonyl (C=O) groups excluding carboxylic acids is 1. The first-order valence-corrected chi connectivity index (χ1v) is 6.03. The summed E-state index contributed by atoms with van der Waals surface area (Å²) in [5.74, 6) is -0.373. The lowest BCUT2D eigenvalue weighted by Crippen LogP contribution is -2.12. The number of aromatic nitrogens is 2. The van der Waals surface area contributed by atoms with Gasteiger partial charge in [-0.1, -0.05) is 6.07 Å². The van der Waals surface area contributed by atoms with Crippen LogP contribution in [-0.2, 0) is 0 Å². The minimum Gasteiger partial charge on any atom is -0.506 e. The highest BCUT2D eigenvalue weighted by Gasteiger charge is 2.09. The molecule has 3 rings (SSSR count). The number of hydrogen-bond acceptors (Lipinski definition) is 4. The largest absolute Gasteiger partial charge is 0.506 e. The maximum atomic E-state index is 12.1. The zero-order valence-electron chi connectivity index (χ0n) is 10.4. The number of carbonyl (C=O) groups is 1. The fourth-order valence-electron chi connectivity index (χ4n) is 1.96. The van der Waals surface area contributed by atoms with Gasteiger partial charge in [-0.25, -0.2) is 0 Å². The van der Waals surface area contributed by atoms with Gasteiger partial charge in [0.25, 0.3) is 5.91 Å². The Hall–Kier alpha value is -2.95. The van der Waals surface area contributed by atoms with Gasteiger partial charge in [-0.2, -0.15) is 0 Å².